The third-order valence-electron chi connectivity index (χ3n) is 2.68. The molecule has 0 spiro atoms. The van der Waals surface area contributed by atoms with Crippen LogP contribution in [-0.2, 0) is 9.47 Å². The van der Waals surface area contributed by atoms with E-state index in [0.29, 0.717) is 6.04 Å². The van der Waals surface area contributed by atoms with Gasteiger partial charge in [0.25, 0.3) is 0 Å². The summed E-state index contributed by atoms with van der Waals surface area (Å²) in [5.41, 5.74) is 1.34. The van der Waals surface area contributed by atoms with Crippen LogP contribution >= 0.6 is 0 Å². The van der Waals surface area contributed by atoms with Crippen molar-refractivity contribution in [1.82, 2.24) is 5.32 Å². The first-order chi connectivity index (χ1) is 7.29. The minimum Gasteiger partial charge on any atom is -0.501 e. The molecule has 0 aliphatic carbocycles. The van der Waals surface area contributed by atoms with Crippen molar-refractivity contribution in [2.24, 2.45) is 0 Å². The average molecular weight is 213 g/mol. The van der Waals surface area contributed by atoms with E-state index in [0.717, 1.165) is 32.6 Å². The smallest absolute Gasteiger partial charge is 0.0876 e. The zero-order chi connectivity index (χ0) is 11.1. The van der Waals surface area contributed by atoms with Crippen LogP contribution in [0.4, 0.5) is 0 Å². The molecular weight excluding hydrogens is 190 g/mol. The van der Waals surface area contributed by atoms with Gasteiger partial charge in [0.2, 0.25) is 0 Å². The maximum absolute atomic E-state index is 5.65. The molecule has 1 N–H and O–H groups in total. The summed E-state index contributed by atoms with van der Waals surface area (Å²) in [5.74, 6) is 0. The molecule has 1 aliphatic heterocycles. The molecule has 1 heterocycles. The normalized spacial score (nSPS) is 20.3. The van der Waals surface area contributed by atoms with Gasteiger partial charge in [0.15, 0.2) is 0 Å². The largest absolute Gasteiger partial charge is 0.501 e. The number of hydrogen-bond acceptors (Lipinski definition) is 3. The van der Waals surface area contributed by atoms with Gasteiger partial charge in [-0.2, -0.15) is 0 Å². The molecule has 2 atom stereocenters. The Balaban J connectivity index is 2.58. The first-order valence-corrected chi connectivity index (χ1v) is 5.95. The third-order valence-corrected chi connectivity index (χ3v) is 2.68. The molecule has 0 bridgehead atoms. The van der Waals surface area contributed by atoms with Crippen molar-refractivity contribution in [1.29, 1.82) is 0 Å². The molecule has 3 nitrogen and oxygen atoms in total. The third kappa shape index (κ3) is 3.84. The highest BCUT2D eigenvalue weighted by molar-refractivity contribution is 5.12. The number of ether oxygens (including phenoxy) is 2. The molecule has 0 saturated heterocycles. The molecule has 0 aromatic carbocycles. The quantitative estimate of drug-likeness (QED) is 0.733. The molecule has 1 aliphatic rings. The Hall–Kier alpha value is -0.540. The zero-order valence-corrected chi connectivity index (χ0v) is 10.1. The summed E-state index contributed by atoms with van der Waals surface area (Å²) in [6.07, 6.45) is 4.36. The maximum Gasteiger partial charge on any atom is 0.0876 e. The van der Waals surface area contributed by atoms with Crippen molar-refractivity contribution in [3.63, 3.8) is 0 Å². The van der Waals surface area contributed by atoms with Crippen molar-refractivity contribution in [3.8, 4) is 0 Å². The van der Waals surface area contributed by atoms with E-state index in [4.69, 9.17) is 9.47 Å². The molecule has 0 fully saturated rings. The second-order valence-corrected chi connectivity index (χ2v) is 3.86. The number of likely N-dealkylation sites (N-methyl/N-ethyl adjacent to an activating group) is 1. The van der Waals surface area contributed by atoms with Crippen LogP contribution in [0.25, 0.3) is 0 Å². The first kappa shape index (κ1) is 12.5. The van der Waals surface area contributed by atoms with E-state index in [-0.39, 0.29) is 6.10 Å². The van der Waals surface area contributed by atoms with Crippen LogP contribution in [0.1, 0.15) is 33.6 Å². The van der Waals surface area contributed by atoms with Crippen LogP contribution in [-0.4, -0.2) is 31.9 Å². The molecule has 3 heteroatoms. The van der Waals surface area contributed by atoms with Gasteiger partial charge in [0.1, 0.15) is 0 Å². The molecule has 0 aromatic heterocycles. The van der Waals surface area contributed by atoms with Crippen molar-refractivity contribution in [2.75, 3.05) is 19.8 Å². The molecule has 0 saturated carbocycles. The Labute approximate surface area is 92.8 Å². The van der Waals surface area contributed by atoms with Crippen molar-refractivity contribution < 1.29 is 9.47 Å². The molecule has 1 rings (SSSR count). The number of nitrogens with one attached hydrogen (secondary N) is 1. The van der Waals surface area contributed by atoms with Crippen LogP contribution in [0, 0.1) is 0 Å². The van der Waals surface area contributed by atoms with E-state index >= 15 is 0 Å². The second-order valence-electron chi connectivity index (χ2n) is 3.86. The molecule has 0 aromatic rings. The summed E-state index contributed by atoms with van der Waals surface area (Å²) < 4.78 is 11.0. The minimum absolute atomic E-state index is 0.211. The van der Waals surface area contributed by atoms with Gasteiger partial charge < -0.3 is 14.8 Å². The van der Waals surface area contributed by atoms with Crippen molar-refractivity contribution in [2.45, 2.75) is 45.8 Å². The minimum atomic E-state index is 0.211. The predicted octanol–water partition coefficient (Wildman–Crippen LogP) is 2.08. The second kappa shape index (κ2) is 6.85. The highest BCUT2D eigenvalue weighted by Crippen LogP contribution is 2.19. The number of rotatable bonds is 6. The summed E-state index contributed by atoms with van der Waals surface area (Å²) in [4.78, 5) is 0. The molecule has 88 valence electrons. The Morgan fingerprint density at radius 2 is 2.33 bits per heavy atom. The van der Waals surface area contributed by atoms with Crippen molar-refractivity contribution >= 4 is 0 Å². The first-order valence-electron chi connectivity index (χ1n) is 5.95. The highest BCUT2D eigenvalue weighted by Gasteiger charge is 2.22. The SMILES string of the molecule is CCNC(C1=COCCC1)C(C)OCC. The summed E-state index contributed by atoms with van der Waals surface area (Å²) >= 11 is 0. The number of hydrogen-bond donors (Lipinski definition) is 1. The van der Waals surface area contributed by atoms with E-state index in [1.165, 1.54) is 5.57 Å². The Kier molecular flexibility index (Phi) is 5.73. The monoisotopic (exact) mass is 213 g/mol. The lowest BCUT2D eigenvalue weighted by Gasteiger charge is -2.28. The Bertz CT molecular complexity index is 204. The van der Waals surface area contributed by atoms with Gasteiger partial charge in [-0.3, -0.25) is 0 Å². The van der Waals surface area contributed by atoms with Gasteiger partial charge >= 0.3 is 0 Å². The zero-order valence-electron chi connectivity index (χ0n) is 10.1. The van der Waals surface area contributed by atoms with Crippen LogP contribution in [0.2, 0.25) is 0 Å². The molecule has 0 radical (unpaired) electrons. The van der Waals surface area contributed by atoms with Gasteiger partial charge in [-0.1, -0.05) is 6.92 Å². The van der Waals surface area contributed by atoms with Gasteiger partial charge in [0, 0.05) is 6.61 Å². The van der Waals surface area contributed by atoms with Gasteiger partial charge in [-0.05, 0) is 38.8 Å². The average Bonchev–Trinajstić information content (AvgIpc) is 2.27. The molecular formula is C12H23NO2. The van der Waals surface area contributed by atoms with Crippen LogP contribution in [0.15, 0.2) is 11.8 Å². The maximum atomic E-state index is 5.65. The fraction of sp³-hybridized carbons (Fsp3) is 0.833. The fourth-order valence-electron chi connectivity index (χ4n) is 1.99. The van der Waals surface area contributed by atoms with Crippen LogP contribution in [0.3, 0.4) is 0 Å². The van der Waals surface area contributed by atoms with E-state index in [2.05, 4.69) is 19.2 Å². The molecule has 15 heavy (non-hydrogen) atoms. The van der Waals surface area contributed by atoms with Gasteiger partial charge in [-0.15, -0.1) is 0 Å². The topological polar surface area (TPSA) is 30.5 Å². The Morgan fingerprint density at radius 1 is 1.53 bits per heavy atom. The lowest BCUT2D eigenvalue weighted by atomic mass is 9.98. The standard InChI is InChI=1S/C12H23NO2/c1-4-13-12(10(3)15-5-2)11-7-6-8-14-9-11/h9-10,12-13H,4-8H2,1-3H3. The molecule has 2 unspecified atom stereocenters. The predicted molar refractivity (Wildman–Crippen MR) is 61.8 cm³/mol. The van der Waals surface area contributed by atoms with E-state index in [9.17, 15) is 0 Å². The summed E-state index contributed by atoms with van der Waals surface area (Å²) in [6, 6.07) is 0.301. The van der Waals surface area contributed by atoms with Gasteiger partial charge in [-0.25, -0.2) is 0 Å². The highest BCUT2D eigenvalue weighted by atomic mass is 16.5. The van der Waals surface area contributed by atoms with Gasteiger partial charge in [0.05, 0.1) is 25.0 Å². The lowest BCUT2D eigenvalue weighted by molar-refractivity contribution is 0.0535. The van der Waals surface area contributed by atoms with Crippen LogP contribution < -0.4 is 5.32 Å². The van der Waals surface area contributed by atoms with E-state index < -0.39 is 0 Å². The Morgan fingerprint density at radius 3 is 2.87 bits per heavy atom. The fourth-order valence-corrected chi connectivity index (χ4v) is 1.99. The summed E-state index contributed by atoms with van der Waals surface area (Å²) in [7, 11) is 0. The van der Waals surface area contributed by atoms with E-state index in [1.807, 2.05) is 13.2 Å². The molecule has 0 amide bonds. The lowest BCUT2D eigenvalue weighted by Crippen LogP contribution is -2.42. The van der Waals surface area contributed by atoms with E-state index in [1.54, 1.807) is 0 Å². The summed E-state index contributed by atoms with van der Waals surface area (Å²) in [5, 5.41) is 3.46. The summed E-state index contributed by atoms with van der Waals surface area (Å²) in [6.45, 7) is 8.84. The van der Waals surface area contributed by atoms with Crippen molar-refractivity contribution in [3.05, 3.63) is 11.8 Å². The van der Waals surface area contributed by atoms with Crippen LogP contribution in [0.5, 0.6) is 0 Å².